The van der Waals surface area contributed by atoms with Crippen molar-refractivity contribution in [2.75, 3.05) is 20.1 Å². The summed E-state index contributed by atoms with van der Waals surface area (Å²) in [7, 11) is 1.47. The van der Waals surface area contributed by atoms with E-state index in [1.165, 1.54) is 13.1 Å². The van der Waals surface area contributed by atoms with E-state index >= 15 is 4.39 Å². The number of carbonyl (C=O) groups excluding carboxylic acids is 1. The second kappa shape index (κ2) is 8.51. The van der Waals surface area contributed by atoms with Gasteiger partial charge in [-0.1, -0.05) is 6.08 Å². The van der Waals surface area contributed by atoms with Crippen molar-refractivity contribution >= 4 is 22.4 Å². The summed E-state index contributed by atoms with van der Waals surface area (Å²) in [5, 5.41) is 2.97. The Labute approximate surface area is 189 Å². The van der Waals surface area contributed by atoms with E-state index in [4.69, 9.17) is 0 Å². The molecule has 6 nitrogen and oxygen atoms in total. The van der Waals surface area contributed by atoms with Crippen molar-refractivity contribution in [2.45, 2.75) is 32.2 Å². The Morgan fingerprint density at radius 2 is 2.00 bits per heavy atom. The molecule has 2 aliphatic rings. The number of carbonyl (C=O) groups is 1. The molecular formula is C25H24F2N4O2. The number of rotatable bonds is 4. The fourth-order valence-corrected chi connectivity index (χ4v) is 4.91. The van der Waals surface area contributed by atoms with E-state index in [0.29, 0.717) is 54.5 Å². The van der Waals surface area contributed by atoms with E-state index in [0.717, 1.165) is 29.5 Å². The van der Waals surface area contributed by atoms with Gasteiger partial charge >= 0.3 is 0 Å². The first-order valence-electron chi connectivity index (χ1n) is 11.1. The van der Waals surface area contributed by atoms with Crippen molar-refractivity contribution in [1.82, 2.24) is 20.2 Å². The molecule has 170 valence electrons. The average Bonchev–Trinajstić information content (AvgIpc) is 3.29. The second-order valence-electron chi connectivity index (χ2n) is 8.59. The van der Waals surface area contributed by atoms with Gasteiger partial charge in [0.05, 0.1) is 5.52 Å². The van der Waals surface area contributed by atoms with Crippen LogP contribution in [-0.2, 0) is 19.4 Å². The number of nitrogens with one attached hydrogen (secondary N) is 2. The summed E-state index contributed by atoms with van der Waals surface area (Å²) in [4.78, 5) is 32.8. The lowest BCUT2D eigenvalue weighted by Crippen LogP contribution is -2.28. The highest BCUT2D eigenvalue weighted by Gasteiger charge is 2.22. The number of hydrogen-bond acceptors (Lipinski definition) is 4. The summed E-state index contributed by atoms with van der Waals surface area (Å²) < 4.78 is 29.5. The molecule has 2 aromatic heterocycles. The molecule has 0 saturated carbocycles. The van der Waals surface area contributed by atoms with Crippen LogP contribution in [0.3, 0.4) is 0 Å². The smallest absolute Gasteiger partial charge is 0.269 e. The van der Waals surface area contributed by atoms with Gasteiger partial charge in [-0.25, -0.2) is 9.37 Å². The quantitative estimate of drug-likeness (QED) is 0.598. The van der Waals surface area contributed by atoms with Gasteiger partial charge in [-0.05, 0) is 66.6 Å². The number of aromatic amines is 1. The Balaban J connectivity index is 1.35. The lowest BCUT2D eigenvalue weighted by atomic mass is 9.99. The summed E-state index contributed by atoms with van der Waals surface area (Å²) in [6, 6.07) is 6.51. The van der Waals surface area contributed by atoms with E-state index in [-0.39, 0.29) is 17.1 Å². The zero-order valence-electron chi connectivity index (χ0n) is 18.3. The van der Waals surface area contributed by atoms with E-state index in [9.17, 15) is 14.0 Å². The molecule has 0 unspecified atom stereocenters. The maximum Gasteiger partial charge on any atom is 0.269 e. The van der Waals surface area contributed by atoms with Gasteiger partial charge in [0.15, 0.2) is 0 Å². The van der Waals surface area contributed by atoms with Gasteiger partial charge in [0.2, 0.25) is 5.95 Å². The number of aryl methyl sites for hydroxylation is 1. The predicted molar refractivity (Wildman–Crippen MR) is 122 cm³/mol. The summed E-state index contributed by atoms with van der Waals surface area (Å²) in [6.07, 6.45) is 4.87. The monoisotopic (exact) mass is 450 g/mol. The van der Waals surface area contributed by atoms with Gasteiger partial charge in [0.1, 0.15) is 11.5 Å². The van der Waals surface area contributed by atoms with Crippen molar-refractivity contribution in [3.63, 3.8) is 0 Å². The molecule has 1 amide bonds. The molecule has 3 heterocycles. The number of amides is 1. The fourth-order valence-electron chi connectivity index (χ4n) is 4.91. The first-order valence-corrected chi connectivity index (χ1v) is 11.1. The minimum absolute atomic E-state index is 0.0406. The number of aromatic nitrogens is 2. The number of halogens is 2. The molecule has 1 aliphatic carbocycles. The van der Waals surface area contributed by atoms with E-state index in [2.05, 4.69) is 20.2 Å². The molecule has 5 rings (SSSR count). The Bertz CT molecular complexity index is 1360. The molecule has 8 heteroatoms. The van der Waals surface area contributed by atoms with Crippen LogP contribution < -0.4 is 10.9 Å². The molecule has 3 aromatic rings. The molecule has 0 bridgehead atoms. The molecule has 0 fully saturated rings. The van der Waals surface area contributed by atoms with Crippen molar-refractivity contribution in [2.24, 2.45) is 0 Å². The zero-order chi connectivity index (χ0) is 23.1. The van der Waals surface area contributed by atoms with Gasteiger partial charge in [0.25, 0.3) is 11.5 Å². The van der Waals surface area contributed by atoms with Crippen LogP contribution in [0.5, 0.6) is 0 Å². The fraction of sp³-hybridized carbons (Fsp3) is 0.320. The third-order valence-corrected chi connectivity index (χ3v) is 6.55. The van der Waals surface area contributed by atoms with Crippen LogP contribution in [0.25, 0.3) is 16.5 Å². The van der Waals surface area contributed by atoms with E-state index in [1.54, 1.807) is 12.1 Å². The van der Waals surface area contributed by atoms with E-state index < -0.39 is 11.9 Å². The maximum atomic E-state index is 15.0. The van der Waals surface area contributed by atoms with E-state index in [1.807, 2.05) is 12.1 Å². The molecule has 0 radical (unpaired) electrons. The largest absolute Gasteiger partial charge is 0.354 e. The Kier molecular flexibility index (Phi) is 5.54. The molecule has 0 spiro atoms. The van der Waals surface area contributed by atoms with Crippen LogP contribution in [0, 0.1) is 11.8 Å². The minimum atomic E-state index is -0.663. The van der Waals surface area contributed by atoms with Crippen molar-refractivity contribution in [3.8, 4) is 0 Å². The second-order valence-corrected chi connectivity index (χ2v) is 8.59. The lowest BCUT2D eigenvalue weighted by molar-refractivity contribution is 0.0957. The van der Waals surface area contributed by atoms with Crippen molar-refractivity contribution in [3.05, 3.63) is 80.4 Å². The Morgan fingerprint density at radius 1 is 1.18 bits per heavy atom. The van der Waals surface area contributed by atoms with Crippen molar-refractivity contribution in [1.29, 1.82) is 0 Å². The highest BCUT2D eigenvalue weighted by atomic mass is 19.1. The summed E-state index contributed by atoms with van der Waals surface area (Å²) in [5.41, 5.74) is 4.06. The molecule has 33 heavy (non-hydrogen) atoms. The number of benzene rings is 1. The number of hydrogen-bond donors (Lipinski definition) is 2. The number of pyridine rings is 2. The number of fused-ring (bicyclic) bond motifs is 3. The first-order chi connectivity index (χ1) is 15.9. The summed E-state index contributed by atoms with van der Waals surface area (Å²) >= 11 is 0. The van der Waals surface area contributed by atoms with Gasteiger partial charge in [-0.15, -0.1) is 0 Å². The maximum absolute atomic E-state index is 15.0. The Hall–Kier alpha value is -3.39. The third-order valence-electron chi connectivity index (χ3n) is 6.55. The van der Waals surface area contributed by atoms with Crippen LogP contribution in [0.2, 0.25) is 0 Å². The molecule has 1 aromatic carbocycles. The highest BCUT2D eigenvalue weighted by Crippen LogP contribution is 2.30. The standard InChI is InChI=1S/C25H24F2N4O2/c1-28-25(33)20-6-5-16(23(27)29-20)15-7-9-31(10-8-15)13-14-11-19(26)22-17-3-2-4-18(17)24(32)30-21(22)12-14/h5-7,11-12H,2-4,8-10,13H2,1H3,(H,28,33)(H,30,32). The van der Waals surface area contributed by atoms with Gasteiger partial charge in [-0.2, -0.15) is 4.39 Å². The normalized spacial score (nSPS) is 16.0. The topological polar surface area (TPSA) is 78.1 Å². The summed E-state index contributed by atoms with van der Waals surface area (Å²) in [5.74, 6) is -1.39. The van der Waals surface area contributed by atoms with Crippen LogP contribution in [-0.4, -0.2) is 40.9 Å². The zero-order valence-corrected chi connectivity index (χ0v) is 18.3. The Morgan fingerprint density at radius 3 is 2.73 bits per heavy atom. The average molecular weight is 450 g/mol. The molecule has 2 N–H and O–H groups in total. The molecule has 1 aliphatic heterocycles. The van der Waals surface area contributed by atoms with Gasteiger partial charge < -0.3 is 10.3 Å². The highest BCUT2D eigenvalue weighted by molar-refractivity contribution is 5.92. The number of nitrogens with zero attached hydrogens (tertiary/aromatic N) is 2. The van der Waals surface area contributed by atoms with Crippen LogP contribution in [0.15, 0.2) is 35.1 Å². The molecular weight excluding hydrogens is 426 g/mol. The van der Waals surface area contributed by atoms with Crippen LogP contribution in [0.1, 0.15) is 45.6 Å². The number of H-pyrrole nitrogens is 1. The molecule has 0 saturated heterocycles. The first kappa shape index (κ1) is 21.5. The SMILES string of the molecule is CNC(=O)c1ccc(C2=CCN(Cc3cc(F)c4c5c(c(=O)[nH]c4c3)CCC5)CC2)c(F)n1. The third kappa shape index (κ3) is 3.95. The molecule has 0 atom stereocenters. The predicted octanol–water partition coefficient (Wildman–Crippen LogP) is 3.34. The van der Waals surface area contributed by atoms with Gasteiger partial charge in [0, 0.05) is 43.2 Å². The summed E-state index contributed by atoms with van der Waals surface area (Å²) in [6.45, 7) is 1.77. The van der Waals surface area contributed by atoms with Crippen molar-refractivity contribution < 1.29 is 13.6 Å². The van der Waals surface area contributed by atoms with Gasteiger partial charge in [-0.3, -0.25) is 14.5 Å². The minimum Gasteiger partial charge on any atom is -0.354 e. The van der Waals surface area contributed by atoms with Crippen LogP contribution >= 0.6 is 0 Å². The van der Waals surface area contributed by atoms with Crippen LogP contribution in [0.4, 0.5) is 8.78 Å². The lowest BCUT2D eigenvalue weighted by Gasteiger charge is -2.26.